The SMILES string of the molecule is C=CC(CC(C)(C)Nc1nc(C(=O)OC)c([N+](=O)[O-])cc1C(F)(F)F)O[Si](C)(C)C(C)(C)C. The Morgan fingerprint density at radius 3 is 2.24 bits per heavy atom. The van der Waals surface area contributed by atoms with Crippen LogP contribution in [0.25, 0.3) is 0 Å². The number of hydrogen-bond acceptors (Lipinski definition) is 7. The molecule has 0 aliphatic rings. The number of carbonyl (C=O) groups excluding carboxylic acids is 1. The van der Waals surface area contributed by atoms with Gasteiger partial charge in [0.1, 0.15) is 11.4 Å². The standard InChI is InChI=1S/C21H32F3N3O5Si/c1-10-13(32-33(8,9)19(2,3)4)12-20(5,6)26-17-14(21(22,23)24)11-15(27(29)30)16(25-17)18(28)31-7/h10-11,13H,1,12H2,2-9H3,(H,25,26). The molecular formula is C21H32F3N3O5Si. The van der Waals surface area contributed by atoms with Crippen molar-refractivity contribution >= 4 is 25.8 Å². The Kier molecular flexibility index (Phi) is 8.48. The van der Waals surface area contributed by atoms with E-state index in [1.54, 1.807) is 19.9 Å². The minimum atomic E-state index is -4.96. The minimum absolute atomic E-state index is 0.0926. The van der Waals surface area contributed by atoms with Crippen molar-refractivity contribution in [2.45, 2.75) is 77.0 Å². The lowest BCUT2D eigenvalue weighted by Gasteiger charge is -2.40. The maximum Gasteiger partial charge on any atom is 0.420 e. The summed E-state index contributed by atoms with van der Waals surface area (Å²) >= 11 is 0. The van der Waals surface area contributed by atoms with Crippen molar-refractivity contribution in [1.29, 1.82) is 0 Å². The Labute approximate surface area is 192 Å². The van der Waals surface area contributed by atoms with E-state index in [-0.39, 0.29) is 17.5 Å². The zero-order valence-electron chi connectivity index (χ0n) is 20.2. The summed E-state index contributed by atoms with van der Waals surface area (Å²) in [5.74, 6) is -1.94. The number of halogens is 3. The van der Waals surface area contributed by atoms with Crippen molar-refractivity contribution in [2.24, 2.45) is 0 Å². The Hall–Kier alpha value is -2.47. The first-order valence-corrected chi connectivity index (χ1v) is 13.1. The van der Waals surface area contributed by atoms with Crippen molar-refractivity contribution in [3.8, 4) is 0 Å². The highest BCUT2D eigenvalue weighted by Gasteiger charge is 2.42. The fourth-order valence-electron chi connectivity index (χ4n) is 2.80. The molecule has 0 amide bonds. The maximum absolute atomic E-state index is 13.7. The largest absolute Gasteiger partial charge is 0.464 e. The molecule has 1 rings (SSSR count). The van der Waals surface area contributed by atoms with Gasteiger partial charge in [-0.25, -0.2) is 9.78 Å². The predicted octanol–water partition coefficient (Wildman–Crippen LogP) is 5.95. The molecule has 0 fully saturated rings. The molecule has 1 aromatic rings. The van der Waals surface area contributed by atoms with Gasteiger partial charge in [0.25, 0.3) is 0 Å². The fraction of sp³-hybridized carbons (Fsp3) is 0.619. The highest BCUT2D eigenvalue weighted by Crippen LogP contribution is 2.40. The van der Waals surface area contributed by atoms with Crippen LogP contribution in [-0.2, 0) is 15.3 Å². The van der Waals surface area contributed by atoms with Crippen molar-refractivity contribution in [3.05, 3.63) is 40.1 Å². The van der Waals surface area contributed by atoms with Gasteiger partial charge in [-0.2, -0.15) is 13.2 Å². The molecule has 186 valence electrons. The zero-order chi connectivity index (χ0) is 26.0. The Morgan fingerprint density at radius 2 is 1.85 bits per heavy atom. The normalized spacial score (nSPS) is 13.9. The van der Waals surface area contributed by atoms with E-state index in [2.05, 4.69) is 42.4 Å². The number of anilines is 1. The van der Waals surface area contributed by atoms with E-state index in [0.717, 1.165) is 7.11 Å². The van der Waals surface area contributed by atoms with Crippen LogP contribution < -0.4 is 5.32 Å². The highest BCUT2D eigenvalue weighted by atomic mass is 28.4. The quantitative estimate of drug-likeness (QED) is 0.150. The van der Waals surface area contributed by atoms with Gasteiger partial charge in [-0.15, -0.1) is 6.58 Å². The molecule has 1 N–H and O–H groups in total. The lowest BCUT2D eigenvalue weighted by atomic mass is 9.96. The van der Waals surface area contributed by atoms with Crippen LogP contribution in [-0.4, -0.2) is 42.9 Å². The number of ether oxygens (including phenoxy) is 1. The zero-order valence-corrected chi connectivity index (χ0v) is 21.2. The van der Waals surface area contributed by atoms with Crippen LogP contribution in [0.5, 0.6) is 0 Å². The molecule has 0 saturated heterocycles. The molecule has 1 unspecified atom stereocenters. The van der Waals surface area contributed by atoms with E-state index in [1.807, 2.05) is 13.1 Å². The van der Waals surface area contributed by atoms with E-state index in [4.69, 9.17) is 4.43 Å². The molecular weight excluding hydrogens is 459 g/mol. The molecule has 0 aliphatic carbocycles. The number of hydrogen-bond donors (Lipinski definition) is 1. The maximum atomic E-state index is 13.7. The number of alkyl halides is 3. The molecule has 1 heterocycles. The topological polar surface area (TPSA) is 104 Å². The number of carbonyl (C=O) groups is 1. The first kappa shape index (κ1) is 28.6. The first-order valence-electron chi connectivity index (χ1n) is 10.2. The molecule has 0 aliphatic heterocycles. The van der Waals surface area contributed by atoms with Gasteiger partial charge in [-0.05, 0) is 38.4 Å². The van der Waals surface area contributed by atoms with Gasteiger partial charge in [-0.1, -0.05) is 26.8 Å². The summed E-state index contributed by atoms with van der Waals surface area (Å²) in [6, 6.07) is 0.286. The molecule has 33 heavy (non-hydrogen) atoms. The van der Waals surface area contributed by atoms with Crippen molar-refractivity contribution in [3.63, 3.8) is 0 Å². The number of pyridine rings is 1. The smallest absolute Gasteiger partial charge is 0.420 e. The van der Waals surface area contributed by atoms with E-state index >= 15 is 0 Å². The number of nitrogens with one attached hydrogen (secondary N) is 1. The van der Waals surface area contributed by atoms with Crippen LogP contribution in [0.2, 0.25) is 18.1 Å². The average Bonchev–Trinajstić information content (AvgIpc) is 2.63. The second-order valence-electron chi connectivity index (χ2n) is 9.86. The molecule has 0 bridgehead atoms. The molecule has 0 aromatic carbocycles. The minimum Gasteiger partial charge on any atom is -0.464 e. The number of nitrogens with zero attached hydrogens (tertiary/aromatic N) is 2. The lowest BCUT2D eigenvalue weighted by molar-refractivity contribution is -0.385. The van der Waals surface area contributed by atoms with Crippen LogP contribution in [0.4, 0.5) is 24.7 Å². The van der Waals surface area contributed by atoms with Crippen molar-refractivity contribution in [1.82, 2.24) is 4.98 Å². The average molecular weight is 492 g/mol. The Morgan fingerprint density at radius 1 is 1.30 bits per heavy atom. The molecule has 1 atom stereocenters. The molecule has 0 saturated carbocycles. The number of methoxy groups -OCH3 is 1. The summed E-state index contributed by atoms with van der Waals surface area (Å²) in [5, 5.41) is 13.9. The molecule has 1 aromatic heterocycles. The predicted molar refractivity (Wildman–Crippen MR) is 122 cm³/mol. The van der Waals surface area contributed by atoms with Crippen LogP contribution in [0.1, 0.15) is 57.1 Å². The van der Waals surface area contributed by atoms with E-state index in [1.165, 1.54) is 0 Å². The van der Waals surface area contributed by atoms with Gasteiger partial charge >= 0.3 is 17.8 Å². The third kappa shape index (κ3) is 7.26. The van der Waals surface area contributed by atoms with Gasteiger partial charge < -0.3 is 14.5 Å². The van der Waals surface area contributed by atoms with Crippen molar-refractivity contribution in [2.75, 3.05) is 12.4 Å². The van der Waals surface area contributed by atoms with Gasteiger partial charge in [-0.3, -0.25) is 10.1 Å². The fourth-order valence-corrected chi connectivity index (χ4v) is 4.09. The second kappa shape index (κ2) is 9.80. The summed E-state index contributed by atoms with van der Waals surface area (Å²) in [5.41, 5.74) is -4.30. The van der Waals surface area contributed by atoms with Crippen LogP contribution >= 0.6 is 0 Å². The molecule has 8 nitrogen and oxygen atoms in total. The lowest BCUT2D eigenvalue weighted by Crippen LogP contribution is -2.46. The van der Waals surface area contributed by atoms with Crippen LogP contribution in [0.15, 0.2) is 18.7 Å². The molecule has 0 spiro atoms. The Balaban J connectivity index is 3.43. The third-order valence-corrected chi connectivity index (χ3v) is 10.1. The number of esters is 1. The summed E-state index contributed by atoms with van der Waals surface area (Å²) in [7, 11) is -1.25. The Bertz CT molecular complexity index is 912. The number of aromatic nitrogens is 1. The van der Waals surface area contributed by atoms with Crippen molar-refractivity contribution < 1.29 is 32.1 Å². The summed E-state index contributed by atoms with van der Waals surface area (Å²) < 4.78 is 51.9. The summed E-state index contributed by atoms with van der Waals surface area (Å²) in [6.45, 7) is 17.4. The van der Waals surface area contributed by atoms with Crippen LogP contribution in [0.3, 0.4) is 0 Å². The summed E-state index contributed by atoms with van der Waals surface area (Å²) in [6.07, 6.45) is -3.61. The summed E-state index contributed by atoms with van der Waals surface area (Å²) in [4.78, 5) is 25.8. The second-order valence-corrected chi connectivity index (χ2v) is 14.6. The van der Waals surface area contributed by atoms with Gasteiger partial charge in [0.2, 0.25) is 5.69 Å². The van der Waals surface area contributed by atoms with Gasteiger partial charge in [0, 0.05) is 11.6 Å². The molecule has 12 heteroatoms. The monoisotopic (exact) mass is 491 g/mol. The molecule has 0 radical (unpaired) electrons. The van der Waals surface area contributed by atoms with Gasteiger partial charge in [0.05, 0.1) is 18.1 Å². The number of rotatable bonds is 9. The van der Waals surface area contributed by atoms with E-state index < -0.39 is 59.8 Å². The first-order chi connectivity index (χ1) is 14.8. The number of nitro groups is 1. The van der Waals surface area contributed by atoms with E-state index in [0.29, 0.717) is 0 Å². The highest BCUT2D eigenvalue weighted by molar-refractivity contribution is 6.74. The van der Waals surface area contributed by atoms with Crippen LogP contribution in [0, 0.1) is 10.1 Å². The van der Waals surface area contributed by atoms with E-state index in [9.17, 15) is 28.1 Å². The van der Waals surface area contributed by atoms with Gasteiger partial charge in [0.15, 0.2) is 8.32 Å². The third-order valence-electron chi connectivity index (χ3n) is 5.57.